The van der Waals surface area contributed by atoms with E-state index < -0.39 is 10.9 Å². The number of anilines is 1. The van der Waals surface area contributed by atoms with Gasteiger partial charge in [0.25, 0.3) is 5.69 Å². The van der Waals surface area contributed by atoms with Crippen LogP contribution in [-0.2, 0) is 0 Å². The van der Waals surface area contributed by atoms with E-state index in [2.05, 4.69) is 10.3 Å². The molecule has 1 heterocycles. The number of hydrogen-bond donors (Lipinski definition) is 3. The molecule has 0 saturated heterocycles. The Labute approximate surface area is 121 Å². The molecule has 0 aliphatic heterocycles. The highest BCUT2D eigenvalue weighted by Crippen LogP contribution is 2.31. The van der Waals surface area contributed by atoms with E-state index in [1.807, 2.05) is 0 Å². The lowest BCUT2D eigenvalue weighted by Crippen LogP contribution is -2.22. The highest BCUT2D eigenvalue weighted by atomic mass is 16.6. The van der Waals surface area contributed by atoms with E-state index in [0.29, 0.717) is 6.54 Å². The zero-order chi connectivity index (χ0) is 15.4. The summed E-state index contributed by atoms with van der Waals surface area (Å²) >= 11 is 0. The number of nitrogens with zero attached hydrogens (tertiary/aromatic N) is 2. The monoisotopic (exact) mass is 295 g/mol. The van der Waals surface area contributed by atoms with Gasteiger partial charge >= 0.3 is 5.97 Å². The summed E-state index contributed by atoms with van der Waals surface area (Å²) in [6, 6.07) is 0.996. The Hall–Kier alpha value is -2.22. The lowest BCUT2D eigenvalue weighted by Gasteiger charge is -2.18. The maximum absolute atomic E-state index is 11.2. The second kappa shape index (κ2) is 6.49. The summed E-state index contributed by atoms with van der Waals surface area (Å²) in [5.74, 6) is -0.673. The normalized spacial score (nSPS) is 21.2. The molecule has 21 heavy (non-hydrogen) atoms. The second-order valence-corrected chi connectivity index (χ2v) is 5.17. The average molecular weight is 295 g/mol. The smallest absolute Gasteiger partial charge is 0.339 e. The van der Waals surface area contributed by atoms with Crippen LogP contribution in [0.2, 0.25) is 0 Å². The number of aromatic nitrogens is 1. The van der Waals surface area contributed by atoms with Crippen molar-refractivity contribution in [1.29, 1.82) is 0 Å². The van der Waals surface area contributed by atoms with Crippen molar-refractivity contribution >= 4 is 17.5 Å². The van der Waals surface area contributed by atoms with Crippen LogP contribution < -0.4 is 5.32 Å². The lowest BCUT2D eigenvalue weighted by atomic mass is 9.97. The topological polar surface area (TPSA) is 126 Å². The van der Waals surface area contributed by atoms with Gasteiger partial charge in [-0.15, -0.1) is 0 Å². The number of aliphatic hydroxyl groups excluding tert-OH is 1. The van der Waals surface area contributed by atoms with E-state index in [9.17, 15) is 20.0 Å². The molecule has 2 unspecified atom stereocenters. The molecule has 1 aliphatic rings. The standard InChI is InChI=1S/C13H17N3O5/c17-7-9-3-1-2-8(9)5-14-12-11(13(18)19)4-10(6-15-12)16(20)21/h4,6,8-9,17H,1-3,5,7H2,(H,14,15)(H,18,19). The number of pyridine rings is 1. The van der Waals surface area contributed by atoms with E-state index in [0.717, 1.165) is 31.5 Å². The van der Waals surface area contributed by atoms with Gasteiger partial charge in [0, 0.05) is 19.2 Å². The van der Waals surface area contributed by atoms with E-state index in [1.165, 1.54) is 0 Å². The van der Waals surface area contributed by atoms with Gasteiger partial charge in [-0.3, -0.25) is 10.1 Å². The van der Waals surface area contributed by atoms with Gasteiger partial charge in [-0.05, 0) is 24.7 Å². The number of nitro groups is 1. The molecule has 0 bridgehead atoms. The number of carboxylic acid groups (broad SMARTS) is 1. The summed E-state index contributed by atoms with van der Waals surface area (Å²) in [5.41, 5.74) is -0.574. The van der Waals surface area contributed by atoms with Crippen molar-refractivity contribution in [2.24, 2.45) is 11.8 Å². The van der Waals surface area contributed by atoms with Gasteiger partial charge in [0.2, 0.25) is 0 Å². The van der Waals surface area contributed by atoms with E-state index in [-0.39, 0.29) is 35.5 Å². The fourth-order valence-corrected chi connectivity index (χ4v) is 2.71. The first-order valence-corrected chi connectivity index (χ1v) is 6.75. The van der Waals surface area contributed by atoms with Crippen molar-refractivity contribution in [3.8, 4) is 0 Å². The third-order valence-corrected chi connectivity index (χ3v) is 3.90. The predicted octanol–water partition coefficient (Wildman–Crippen LogP) is 1.51. The SMILES string of the molecule is O=C(O)c1cc([N+](=O)[O-])cnc1NCC1CCCC1CO. The Morgan fingerprint density at radius 2 is 2.19 bits per heavy atom. The predicted molar refractivity (Wildman–Crippen MR) is 74.3 cm³/mol. The summed E-state index contributed by atoms with van der Waals surface area (Å²) in [6.45, 7) is 0.613. The van der Waals surface area contributed by atoms with Crippen LogP contribution in [0.3, 0.4) is 0 Å². The number of hydrogen-bond acceptors (Lipinski definition) is 6. The van der Waals surface area contributed by atoms with Crippen LogP contribution in [0, 0.1) is 22.0 Å². The average Bonchev–Trinajstić information content (AvgIpc) is 2.92. The fourth-order valence-electron chi connectivity index (χ4n) is 2.71. The molecule has 1 aromatic rings. The van der Waals surface area contributed by atoms with Crippen LogP contribution in [-0.4, -0.2) is 39.2 Å². The van der Waals surface area contributed by atoms with Gasteiger partial charge in [0.1, 0.15) is 17.6 Å². The number of nitrogens with one attached hydrogen (secondary N) is 1. The Morgan fingerprint density at radius 1 is 1.48 bits per heavy atom. The quantitative estimate of drug-likeness (QED) is 0.536. The molecule has 0 radical (unpaired) electrons. The van der Waals surface area contributed by atoms with Crippen LogP contribution in [0.5, 0.6) is 0 Å². The maximum atomic E-state index is 11.2. The Bertz CT molecular complexity index is 549. The first-order chi connectivity index (χ1) is 10.0. The van der Waals surface area contributed by atoms with Crippen molar-refractivity contribution in [3.63, 3.8) is 0 Å². The van der Waals surface area contributed by atoms with E-state index >= 15 is 0 Å². The second-order valence-electron chi connectivity index (χ2n) is 5.17. The van der Waals surface area contributed by atoms with Gasteiger partial charge in [-0.1, -0.05) is 6.42 Å². The molecule has 0 aromatic carbocycles. The minimum atomic E-state index is -1.26. The fraction of sp³-hybridized carbons (Fsp3) is 0.538. The maximum Gasteiger partial charge on any atom is 0.339 e. The summed E-state index contributed by atoms with van der Waals surface area (Å²) in [4.78, 5) is 25.0. The number of carboxylic acids is 1. The van der Waals surface area contributed by atoms with Gasteiger partial charge in [-0.25, -0.2) is 9.78 Å². The van der Waals surface area contributed by atoms with Crippen molar-refractivity contribution in [1.82, 2.24) is 4.98 Å². The molecule has 1 aromatic heterocycles. The van der Waals surface area contributed by atoms with Crippen LogP contribution >= 0.6 is 0 Å². The molecule has 8 heteroatoms. The number of aliphatic hydroxyl groups is 1. The summed E-state index contributed by atoms with van der Waals surface area (Å²) in [5, 5.41) is 32.0. The molecule has 0 spiro atoms. The highest BCUT2D eigenvalue weighted by molar-refractivity contribution is 5.93. The number of aromatic carboxylic acids is 1. The van der Waals surface area contributed by atoms with Gasteiger partial charge in [0.15, 0.2) is 0 Å². The van der Waals surface area contributed by atoms with E-state index in [4.69, 9.17) is 5.11 Å². The third-order valence-electron chi connectivity index (χ3n) is 3.90. The van der Waals surface area contributed by atoms with Crippen molar-refractivity contribution in [2.75, 3.05) is 18.5 Å². The van der Waals surface area contributed by atoms with E-state index in [1.54, 1.807) is 0 Å². The molecule has 1 aliphatic carbocycles. The highest BCUT2D eigenvalue weighted by Gasteiger charge is 2.27. The van der Waals surface area contributed by atoms with Crippen LogP contribution in [0.15, 0.2) is 12.3 Å². The summed E-state index contributed by atoms with van der Waals surface area (Å²) in [7, 11) is 0. The number of rotatable bonds is 6. The first kappa shape index (κ1) is 15.2. The van der Waals surface area contributed by atoms with Crippen molar-refractivity contribution in [2.45, 2.75) is 19.3 Å². The molecule has 2 rings (SSSR count). The first-order valence-electron chi connectivity index (χ1n) is 6.75. The minimum absolute atomic E-state index is 0.117. The van der Waals surface area contributed by atoms with Gasteiger partial charge < -0.3 is 15.5 Å². The lowest BCUT2D eigenvalue weighted by molar-refractivity contribution is -0.385. The molecule has 3 N–H and O–H groups in total. The summed E-state index contributed by atoms with van der Waals surface area (Å²) < 4.78 is 0. The molecule has 0 amide bonds. The summed E-state index contributed by atoms with van der Waals surface area (Å²) in [6.07, 6.45) is 4.00. The Balaban J connectivity index is 2.12. The molecule has 114 valence electrons. The largest absolute Gasteiger partial charge is 0.478 e. The zero-order valence-electron chi connectivity index (χ0n) is 11.4. The molecule has 1 fully saturated rings. The Kier molecular flexibility index (Phi) is 4.69. The molecule has 1 saturated carbocycles. The minimum Gasteiger partial charge on any atom is -0.478 e. The van der Waals surface area contributed by atoms with Gasteiger partial charge in [0.05, 0.1) is 4.92 Å². The molecular weight excluding hydrogens is 278 g/mol. The van der Waals surface area contributed by atoms with Gasteiger partial charge in [-0.2, -0.15) is 0 Å². The van der Waals surface area contributed by atoms with Crippen LogP contribution in [0.4, 0.5) is 11.5 Å². The third kappa shape index (κ3) is 3.46. The molecule has 2 atom stereocenters. The van der Waals surface area contributed by atoms with Crippen molar-refractivity contribution in [3.05, 3.63) is 27.9 Å². The number of carbonyl (C=O) groups is 1. The zero-order valence-corrected chi connectivity index (χ0v) is 11.4. The van der Waals surface area contributed by atoms with Crippen LogP contribution in [0.1, 0.15) is 29.6 Å². The Morgan fingerprint density at radius 3 is 2.81 bits per heavy atom. The molecule has 8 nitrogen and oxygen atoms in total. The van der Waals surface area contributed by atoms with Crippen molar-refractivity contribution < 1.29 is 19.9 Å². The molecular formula is C13H17N3O5. The van der Waals surface area contributed by atoms with Crippen LogP contribution in [0.25, 0.3) is 0 Å².